The van der Waals surface area contributed by atoms with Gasteiger partial charge in [-0.05, 0) is 47.7 Å². The van der Waals surface area contributed by atoms with Crippen LogP contribution in [0, 0.1) is 5.92 Å². The zero-order valence-electron chi connectivity index (χ0n) is 10.5. The van der Waals surface area contributed by atoms with Crippen LogP contribution in [0.2, 0.25) is 15.7 Å². The molecule has 102 valence electrons. The van der Waals surface area contributed by atoms with Gasteiger partial charge in [-0.3, -0.25) is 0 Å². The predicted molar refractivity (Wildman–Crippen MR) is 77.6 cm³/mol. The van der Waals surface area contributed by atoms with E-state index >= 15 is 0 Å². The highest BCUT2D eigenvalue weighted by Gasteiger charge is 1.99. The lowest BCUT2D eigenvalue weighted by molar-refractivity contribution is 0.634. The number of halogens is 3. The van der Waals surface area contributed by atoms with Crippen LogP contribution in [0.25, 0.3) is 0 Å². The van der Waals surface area contributed by atoms with E-state index in [2.05, 4.69) is 33.8 Å². The second-order valence-corrected chi connectivity index (χ2v) is 5.13. The third kappa shape index (κ3) is 7.25. The molecule has 2 aromatic rings. The highest BCUT2D eigenvalue weighted by molar-refractivity contribution is 6.31. The van der Waals surface area contributed by atoms with E-state index in [1.165, 1.54) is 6.20 Å². The van der Waals surface area contributed by atoms with E-state index in [9.17, 15) is 0 Å². The SMILES string of the molecule is CC(C)Cc1ccnc(Cl)n1.Clc1ccnc(Cl)n1. The summed E-state index contributed by atoms with van der Waals surface area (Å²) in [6.45, 7) is 4.30. The van der Waals surface area contributed by atoms with Gasteiger partial charge in [0.25, 0.3) is 0 Å². The Hall–Kier alpha value is -0.970. The first-order valence-corrected chi connectivity index (χ1v) is 6.72. The summed E-state index contributed by atoms with van der Waals surface area (Å²) in [7, 11) is 0. The van der Waals surface area contributed by atoms with E-state index in [-0.39, 0.29) is 5.28 Å². The minimum absolute atomic E-state index is 0.178. The van der Waals surface area contributed by atoms with E-state index in [0.29, 0.717) is 16.4 Å². The minimum atomic E-state index is 0.178. The van der Waals surface area contributed by atoms with Crippen molar-refractivity contribution in [1.82, 2.24) is 19.9 Å². The molecule has 0 bridgehead atoms. The van der Waals surface area contributed by atoms with Crippen LogP contribution in [0.4, 0.5) is 0 Å². The summed E-state index contributed by atoms with van der Waals surface area (Å²) in [6, 6.07) is 3.46. The maximum Gasteiger partial charge on any atom is 0.223 e. The molecule has 0 saturated carbocycles. The Kier molecular flexibility index (Phi) is 6.99. The fraction of sp³-hybridized carbons (Fsp3) is 0.333. The Morgan fingerprint density at radius 2 is 1.53 bits per heavy atom. The van der Waals surface area contributed by atoms with E-state index < -0.39 is 0 Å². The van der Waals surface area contributed by atoms with Crippen molar-refractivity contribution in [2.75, 3.05) is 0 Å². The van der Waals surface area contributed by atoms with Crippen molar-refractivity contribution in [2.45, 2.75) is 20.3 Å². The quantitative estimate of drug-likeness (QED) is 0.617. The molecule has 7 heteroatoms. The summed E-state index contributed by atoms with van der Waals surface area (Å²) in [5, 5.41) is 0.880. The Bertz CT molecular complexity index is 503. The lowest BCUT2D eigenvalue weighted by atomic mass is 10.1. The first-order chi connectivity index (χ1) is 8.97. The number of rotatable bonds is 2. The van der Waals surface area contributed by atoms with Crippen LogP contribution in [0.1, 0.15) is 19.5 Å². The zero-order valence-corrected chi connectivity index (χ0v) is 12.8. The standard InChI is InChI=1S/C8H11ClN2.C4H2Cl2N2/c1-6(2)5-7-3-4-10-8(9)11-7;5-3-1-2-7-4(6)8-3/h3-4,6H,5H2,1-2H3;1-2H. The van der Waals surface area contributed by atoms with Crippen LogP contribution in [0.5, 0.6) is 0 Å². The number of hydrogen-bond donors (Lipinski definition) is 0. The molecular weight excluding hydrogens is 307 g/mol. The average molecular weight is 320 g/mol. The molecule has 0 fully saturated rings. The fourth-order valence-corrected chi connectivity index (χ4v) is 1.71. The Morgan fingerprint density at radius 1 is 0.947 bits per heavy atom. The minimum Gasteiger partial charge on any atom is -0.227 e. The van der Waals surface area contributed by atoms with Gasteiger partial charge in [0.15, 0.2) is 0 Å². The highest BCUT2D eigenvalue weighted by atomic mass is 35.5. The largest absolute Gasteiger partial charge is 0.227 e. The van der Waals surface area contributed by atoms with Crippen molar-refractivity contribution >= 4 is 34.8 Å². The van der Waals surface area contributed by atoms with Gasteiger partial charge in [0, 0.05) is 18.1 Å². The van der Waals surface area contributed by atoms with Gasteiger partial charge in [-0.25, -0.2) is 19.9 Å². The van der Waals surface area contributed by atoms with E-state index in [4.69, 9.17) is 34.8 Å². The molecule has 0 aliphatic carbocycles. The van der Waals surface area contributed by atoms with E-state index in [1.54, 1.807) is 12.3 Å². The van der Waals surface area contributed by atoms with Gasteiger partial charge in [0.05, 0.1) is 0 Å². The molecule has 0 unspecified atom stereocenters. The van der Waals surface area contributed by atoms with Crippen LogP contribution in [-0.2, 0) is 6.42 Å². The molecule has 0 N–H and O–H groups in total. The van der Waals surface area contributed by atoms with Crippen molar-refractivity contribution in [3.8, 4) is 0 Å². The lowest BCUT2D eigenvalue weighted by Crippen LogP contribution is -1.97. The van der Waals surface area contributed by atoms with Crippen LogP contribution < -0.4 is 0 Å². The second kappa shape index (κ2) is 8.25. The Morgan fingerprint density at radius 3 is 1.95 bits per heavy atom. The van der Waals surface area contributed by atoms with Gasteiger partial charge in [-0.1, -0.05) is 25.4 Å². The van der Waals surface area contributed by atoms with Crippen LogP contribution in [0.3, 0.4) is 0 Å². The maximum atomic E-state index is 5.61. The highest BCUT2D eigenvalue weighted by Crippen LogP contribution is 2.06. The van der Waals surface area contributed by atoms with Crippen molar-refractivity contribution in [3.63, 3.8) is 0 Å². The third-order valence-corrected chi connectivity index (χ3v) is 2.47. The molecule has 19 heavy (non-hydrogen) atoms. The summed E-state index contributed by atoms with van der Waals surface area (Å²) < 4.78 is 0. The molecule has 2 heterocycles. The summed E-state index contributed by atoms with van der Waals surface area (Å²) in [4.78, 5) is 15.1. The molecule has 0 aliphatic heterocycles. The zero-order chi connectivity index (χ0) is 14.3. The van der Waals surface area contributed by atoms with Crippen LogP contribution in [-0.4, -0.2) is 19.9 Å². The molecule has 2 rings (SSSR count). The van der Waals surface area contributed by atoms with Crippen molar-refractivity contribution < 1.29 is 0 Å². The van der Waals surface area contributed by atoms with Crippen molar-refractivity contribution in [2.24, 2.45) is 5.92 Å². The molecule has 0 aromatic carbocycles. The molecule has 0 spiro atoms. The normalized spacial score (nSPS) is 10.0. The van der Waals surface area contributed by atoms with Crippen molar-refractivity contribution in [3.05, 3.63) is 45.9 Å². The first kappa shape index (κ1) is 16.1. The van der Waals surface area contributed by atoms with Gasteiger partial charge in [-0.15, -0.1) is 0 Å². The average Bonchev–Trinajstić information content (AvgIpc) is 2.28. The molecule has 0 radical (unpaired) electrons. The Labute approximate surface area is 127 Å². The molecule has 4 nitrogen and oxygen atoms in total. The summed E-state index contributed by atoms with van der Waals surface area (Å²) in [5.74, 6) is 0.612. The van der Waals surface area contributed by atoms with E-state index in [0.717, 1.165) is 12.1 Å². The summed E-state index contributed by atoms with van der Waals surface area (Å²) in [5.41, 5.74) is 1.01. The van der Waals surface area contributed by atoms with E-state index in [1.807, 2.05) is 6.07 Å². The lowest BCUT2D eigenvalue weighted by Gasteiger charge is -2.02. The summed E-state index contributed by atoms with van der Waals surface area (Å²) in [6.07, 6.45) is 4.15. The maximum absolute atomic E-state index is 5.61. The Balaban J connectivity index is 0.000000200. The molecular formula is C12H13Cl3N4. The number of hydrogen-bond acceptors (Lipinski definition) is 4. The molecule has 0 amide bonds. The number of nitrogens with zero attached hydrogens (tertiary/aromatic N) is 4. The fourth-order valence-electron chi connectivity index (χ4n) is 1.22. The van der Waals surface area contributed by atoms with Gasteiger partial charge in [0.1, 0.15) is 5.15 Å². The van der Waals surface area contributed by atoms with Gasteiger partial charge < -0.3 is 0 Å². The van der Waals surface area contributed by atoms with Gasteiger partial charge in [-0.2, -0.15) is 0 Å². The molecule has 2 aromatic heterocycles. The van der Waals surface area contributed by atoms with Gasteiger partial charge in [0.2, 0.25) is 10.6 Å². The second-order valence-electron chi connectivity index (χ2n) is 4.06. The van der Waals surface area contributed by atoms with Crippen LogP contribution >= 0.6 is 34.8 Å². The summed E-state index contributed by atoms with van der Waals surface area (Å²) >= 11 is 16.4. The smallest absolute Gasteiger partial charge is 0.223 e. The third-order valence-electron chi connectivity index (χ3n) is 1.89. The first-order valence-electron chi connectivity index (χ1n) is 5.59. The topological polar surface area (TPSA) is 51.6 Å². The van der Waals surface area contributed by atoms with Gasteiger partial charge >= 0.3 is 0 Å². The van der Waals surface area contributed by atoms with Crippen molar-refractivity contribution in [1.29, 1.82) is 0 Å². The molecule has 0 saturated heterocycles. The molecule has 0 aliphatic rings. The predicted octanol–water partition coefficient (Wildman–Crippen LogP) is 4.11. The monoisotopic (exact) mass is 318 g/mol. The van der Waals surface area contributed by atoms with Crippen LogP contribution in [0.15, 0.2) is 24.5 Å². The number of aromatic nitrogens is 4. The molecule has 0 atom stereocenters.